The Morgan fingerprint density at radius 1 is 1.07 bits per heavy atom. The highest BCUT2D eigenvalue weighted by atomic mass is 32.2. The lowest BCUT2D eigenvalue weighted by molar-refractivity contribution is 0.601. The van der Waals surface area contributed by atoms with Crippen molar-refractivity contribution in [3.8, 4) is 0 Å². The van der Waals surface area contributed by atoms with E-state index >= 15 is 0 Å². The third-order valence-corrected chi connectivity index (χ3v) is 6.38. The molecule has 0 saturated carbocycles. The Labute approximate surface area is 168 Å². The predicted octanol–water partition coefficient (Wildman–Crippen LogP) is 3.72. The molecule has 0 aliphatic heterocycles. The highest BCUT2D eigenvalue weighted by molar-refractivity contribution is 7.93. The lowest BCUT2D eigenvalue weighted by atomic mass is 10.2. The molecule has 9 heteroatoms. The molecule has 1 heterocycles. The molecule has 0 spiro atoms. The smallest absolute Gasteiger partial charge is 0.263 e. The average Bonchev–Trinajstić information content (AvgIpc) is 3.14. The van der Waals surface area contributed by atoms with Gasteiger partial charge in [0.1, 0.15) is 5.01 Å². The van der Waals surface area contributed by atoms with Gasteiger partial charge in [-0.3, -0.25) is 9.71 Å². The van der Waals surface area contributed by atoms with Gasteiger partial charge in [-0.05, 0) is 48.4 Å². The molecular formula is C19H21N5O2S2. The van der Waals surface area contributed by atoms with Crippen LogP contribution in [0, 0.1) is 0 Å². The van der Waals surface area contributed by atoms with E-state index in [2.05, 4.69) is 19.9 Å². The largest absolute Gasteiger partial charge is 0.378 e. The number of hydrogen-bond donors (Lipinski definition) is 1. The summed E-state index contributed by atoms with van der Waals surface area (Å²) in [5.74, 6) is 0. The van der Waals surface area contributed by atoms with Crippen LogP contribution in [0.5, 0.6) is 0 Å². The van der Waals surface area contributed by atoms with E-state index in [0.29, 0.717) is 12.1 Å². The van der Waals surface area contributed by atoms with Gasteiger partial charge in [-0.1, -0.05) is 30.4 Å². The third-order valence-electron chi connectivity index (χ3n) is 3.91. The van der Waals surface area contributed by atoms with Crippen LogP contribution in [0.2, 0.25) is 0 Å². The molecule has 0 atom stereocenters. The quantitative estimate of drug-likeness (QED) is 0.594. The highest BCUT2D eigenvalue weighted by Gasteiger charge is 2.16. The zero-order valence-corrected chi connectivity index (χ0v) is 17.5. The maximum Gasteiger partial charge on any atom is 0.263 e. The molecule has 0 aliphatic rings. The molecule has 3 rings (SSSR count). The summed E-state index contributed by atoms with van der Waals surface area (Å²) < 4.78 is 27.4. The molecule has 0 fully saturated rings. The Morgan fingerprint density at radius 3 is 2.32 bits per heavy atom. The van der Waals surface area contributed by atoms with Crippen molar-refractivity contribution < 1.29 is 8.42 Å². The van der Waals surface area contributed by atoms with Gasteiger partial charge in [0, 0.05) is 26.0 Å². The number of anilines is 2. The van der Waals surface area contributed by atoms with Crippen LogP contribution >= 0.6 is 11.3 Å². The summed E-state index contributed by atoms with van der Waals surface area (Å²) in [5.41, 5.74) is 2.74. The molecule has 3 aromatic rings. The van der Waals surface area contributed by atoms with Crippen LogP contribution in [-0.2, 0) is 16.4 Å². The van der Waals surface area contributed by atoms with Crippen LogP contribution in [0.15, 0.2) is 58.4 Å². The SMILES string of the molecule is CCc1nnc(NS(=O)(=O)c2ccc(N=Cc3ccc(N(C)C)cc3)cc2)s1. The molecule has 2 aromatic carbocycles. The van der Waals surface area contributed by atoms with Crippen molar-refractivity contribution in [2.24, 2.45) is 4.99 Å². The first-order valence-corrected chi connectivity index (χ1v) is 10.9. The maximum absolute atomic E-state index is 12.5. The van der Waals surface area contributed by atoms with Crippen LogP contribution < -0.4 is 9.62 Å². The number of aromatic nitrogens is 2. The monoisotopic (exact) mass is 415 g/mol. The van der Waals surface area contributed by atoms with Crippen molar-refractivity contribution in [1.82, 2.24) is 10.2 Å². The Kier molecular flexibility index (Phi) is 6.05. The number of aliphatic imine (C=N–C) groups is 1. The fourth-order valence-corrected chi connectivity index (χ4v) is 4.24. The number of nitrogens with zero attached hydrogens (tertiary/aromatic N) is 4. The lowest BCUT2D eigenvalue weighted by Gasteiger charge is -2.11. The Balaban J connectivity index is 1.69. The van der Waals surface area contributed by atoms with Crippen molar-refractivity contribution in [3.63, 3.8) is 0 Å². The van der Waals surface area contributed by atoms with Crippen molar-refractivity contribution >= 4 is 44.1 Å². The molecule has 1 N–H and O–H groups in total. The third kappa shape index (κ3) is 4.93. The minimum absolute atomic E-state index is 0.148. The lowest BCUT2D eigenvalue weighted by Crippen LogP contribution is -2.12. The van der Waals surface area contributed by atoms with Crippen LogP contribution in [0.3, 0.4) is 0 Å². The van der Waals surface area contributed by atoms with Crippen LogP contribution in [0.4, 0.5) is 16.5 Å². The number of sulfonamides is 1. The van der Waals surface area contributed by atoms with E-state index in [1.165, 1.54) is 23.5 Å². The number of nitrogens with one attached hydrogen (secondary N) is 1. The molecule has 146 valence electrons. The number of benzene rings is 2. The topological polar surface area (TPSA) is 87.5 Å². The van der Waals surface area contributed by atoms with Crippen LogP contribution in [0.25, 0.3) is 0 Å². The van der Waals surface area contributed by atoms with Gasteiger partial charge in [0.25, 0.3) is 10.0 Å². The average molecular weight is 416 g/mol. The Morgan fingerprint density at radius 2 is 1.75 bits per heavy atom. The second kappa shape index (κ2) is 8.49. The van der Waals surface area contributed by atoms with E-state index in [9.17, 15) is 8.42 Å². The summed E-state index contributed by atoms with van der Waals surface area (Å²) in [5, 5.41) is 8.80. The Hall–Kier alpha value is -2.78. The number of hydrogen-bond acceptors (Lipinski definition) is 7. The maximum atomic E-state index is 12.5. The molecule has 0 amide bonds. The van der Waals surface area contributed by atoms with E-state index < -0.39 is 10.0 Å². The van der Waals surface area contributed by atoms with Gasteiger partial charge in [0.15, 0.2) is 0 Å². The summed E-state index contributed by atoms with van der Waals surface area (Å²) in [6.45, 7) is 1.94. The fourth-order valence-electron chi connectivity index (χ4n) is 2.33. The molecule has 0 radical (unpaired) electrons. The summed E-state index contributed by atoms with van der Waals surface area (Å²) in [4.78, 5) is 6.57. The molecule has 1 aromatic heterocycles. The normalized spacial score (nSPS) is 11.7. The van der Waals surface area contributed by atoms with Crippen LogP contribution in [0.1, 0.15) is 17.5 Å². The standard InChI is InChI=1S/C19H21N5O2S2/c1-4-18-21-22-19(27-18)23-28(25,26)17-11-7-15(8-12-17)20-13-14-5-9-16(10-6-14)24(2)3/h5-13H,4H2,1-3H3,(H,22,23). The predicted molar refractivity (Wildman–Crippen MR) is 115 cm³/mol. The van der Waals surface area contributed by atoms with Crippen molar-refractivity contribution in [3.05, 3.63) is 59.1 Å². The molecule has 0 unspecified atom stereocenters. The summed E-state index contributed by atoms with van der Waals surface area (Å²) in [6, 6.07) is 14.4. The molecule has 0 bridgehead atoms. The van der Waals surface area contributed by atoms with Gasteiger partial charge < -0.3 is 4.90 Å². The van der Waals surface area contributed by atoms with Gasteiger partial charge in [0.05, 0.1) is 10.6 Å². The molecular weight excluding hydrogens is 394 g/mol. The number of aryl methyl sites for hydroxylation is 1. The molecule has 0 aliphatic carbocycles. The highest BCUT2D eigenvalue weighted by Crippen LogP contribution is 2.22. The van der Waals surface area contributed by atoms with Crippen molar-refractivity contribution in [2.45, 2.75) is 18.2 Å². The zero-order valence-electron chi connectivity index (χ0n) is 15.8. The van der Waals surface area contributed by atoms with Gasteiger partial charge in [-0.15, -0.1) is 10.2 Å². The first-order valence-electron chi connectivity index (χ1n) is 8.64. The van der Waals surface area contributed by atoms with Gasteiger partial charge in [0.2, 0.25) is 5.13 Å². The van der Waals surface area contributed by atoms with E-state index in [0.717, 1.165) is 16.3 Å². The van der Waals surface area contributed by atoms with E-state index in [4.69, 9.17) is 0 Å². The summed E-state index contributed by atoms with van der Waals surface area (Å²) >= 11 is 1.23. The second-order valence-electron chi connectivity index (χ2n) is 6.20. The minimum atomic E-state index is -3.70. The zero-order chi connectivity index (χ0) is 20.1. The van der Waals surface area contributed by atoms with Crippen LogP contribution in [-0.4, -0.2) is 38.9 Å². The molecule has 7 nitrogen and oxygen atoms in total. The first-order chi connectivity index (χ1) is 13.4. The van der Waals surface area contributed by atoms with E-state index in [-0.39, 0.29) is 10.0 Å². The Bertz CT molecular complexity index is 1060. The summed E-state index contributed by atoms with van der Waals surface area (Å²) in [6.07, 6.45) is 2.46. The number of rotatable bonds is 7. The first kappa shape index (κ1) is 20.0. The molecule has 28 heavy (non-hydrogen) atoms. The van der Waals surface area contributed by atoms with E-state index in [1.54, 1.807) is 18.3 Å². The van der Waals surface area contributed by atoms with Gasteiger partial charge in [-0.25, -0.2) is 8.42 Å². The molecule has 0 saturated heterocycles. The van der Waals surface area contributed by atoms with Crippen molar-refractivity contribution in [2.75, 3.05) is 23.7 Å². The fraction of sp³-hybridized carbons (Fsp3) is 0.211. The van der Waals surface area contributed by atoms with Gasteiger partial charge in [-0.2, -0.15) is 0 Å². The minimum Gasteiger partial charge on any atom is -0.378 e. The van der Waals surface area contributed by atoms with E-state index in [1.807, 2.05) is 50.2 Å². The van der Waals surface area contributed by atoms with Gasteiger partial charge >= 0.3 is 0 Å². The second-order valence-corrected chi connectivity index (χ2v) is 8.94. The summed E-state index contributed by atoms with van der Waals surface area (Å²) in [7, 11) is 0.271. The van der Waals surface area contributed by atoms with Crippen molar-refractivity contribution in [1.29, 1.82) is 0 Å².